The third kappa shape index (κ3) is 5.23. The van der Waals surface area contributed by atoms with E-state index in [2.05, 4.69) is 9.88 Å². The summed E-state index contributed by atoms with van der Waals surface area (Å²) in [5.74, 6) is 0.889. The van der Waals surface area contributed by atoms with Crippen molar-refractivity contribution in [3.8, 4) is 0 Å². The maximum absolute atomic E-state index is 7.35. The number of nitrogen functional groups attached to an aromatic ring is 1. The van der Waals surface area contributed by atoms with E-state index in [1.54, 1.807) is 26.5 Å². The first kappa shape index (κ1) is 15.4. The number of methoxy groups -OCH3 is 2. The molecule has 0 fully saturated rings. The summed E-state index contributed by atoms with van der Waals surface area (Å²) >= 11 is 0. The molecule has 0 aliphatic rings. The Bertz CT molecular complexity index is 381. The van der Waals surface area contributed by atoms with Crippen LogP contribution in [0.3, 0.4) is 0 Å². The molecule has 1 rings (SSSR count). The fourth-order valence-electron chi connectivity index (χ4n) is 1.67. The molecule has 0 bridgehead atoms. The Morgan fingerprint density at radius 2 is 2.00 bits per heavy atom. The molecule has 19 heavy (non-hydrogen) atoms. The lowest BCUT2D eigenvalue weighted by molar-refractivity contribution is 0.191. The number of hydrogen-bond donors (Lipinski definition) is 2. The summed E-state index contributed by atoms with van der Waals surface area (Å²) in [6.45, 7) is 2.98. The number of amidine groups is 1. The molecule has 0 saturated carbocycles. The highest BCUT2D eigenvalue weighted by Gasteiger charge is 2.08. The second-order valence-electron chi connectivity index (χ2n) is 4.14. The maximum Gasteiger partial charge on any atom is 0.128 e. The number of pyridine rings is 1. The van der Waals surface area contributed by atoms with E-state index in [-0.39, 0.29) is 5.84 Å². The highest BCUT2D eigenvalue weighted by atomic mass is 16.5. The van der Waals surface area contributed by atoms with E-state index in [4.69, 9.17) is 20.6 Å². The van der Waals surface area contributed by atoms with Gasteiger partial charge in [-0.25, -0.2) is 4.98 Å². The van der Waals surface area contributed by atoms with Crippen molar-refractivity contribution in [2.24, 2.45) is 5.73 Å². The monoisotopic (exact) mass is 266 g/mol. The number of nitrogens with two attached hydrogens (primary N) is 1. The van der Waals surface area contributed by atoms with Gasteiger partial charge < -0.3 is 20.1 Å². The third-order valence-electron chi connectivity index (χ3n) is 2.72. The summed E-state index contributed by atoms with van der Waals surface area (Å²) in [5.41, 5.74) is 6.04. The number of ether oxygens (including phenoxy) is 2. The van der Waals surface area contributed by atoms with E-state index >= 15 is 0 Å². The van der Waals surface area contributed by atoms with Gasteiger partial charge in [-0.15, -0.1) is 0 Å². The molecule has 0 saturated heterocycles. The van der Waals surface area contributed by atoms with Crippen LogP contribution in [0.5, 0.6) is 0 Å². The van der Waals surface area contributed by atoms with Crippen molar-refractivity contribution in [3.05, 3.63) is 23.9 Å². The molecular formula is C13H22N4O2. The lowest BCUT2D eigenvalue weighted by Crippen LogP contribution is -2.30. The molecule has 1 aromatic rings. The van der Waals surface area contributed by atoms with Gasteiger partial charge in [-0.2, -0.15) is 0 Å². The Hall–Kier alpha value is -1.66. The van der Waals surface area contributed by atoms with E-state index in [1.165, 1.54) is 0 Å². The van der Waals surface area contributed by atoms with Crippen LogP contribution < -0.4 is 10.6 Å². The average molecular weight is 266 g/mol. The molecule has 0 amide bonds. The molecule has 106 valence electrons. The van der Waals surface area contributed by atoms with Gasteiger partial charge in [0.25, 0.3) is 0 Å². The van der Waals surface area contributed by atoms with Crippen LogP contribution in [-0.4, -0.2) is 51.3 Å². The Kier molecular flexibility index (Phi) is 6.84. The molecule has 6 nitrogen and oxygen atoms in total. The van der Waals surface area contributed by atoms with E-state index in [0.717, 1.165) is 31.9 Å². The zero-order valence-corrected chi connectivity index (χ0v) is 11.6. The SMILES string of the molecule is COCCCN(CCOC)c1ccc(C(=N)N)cn1. The predicted molar refractivity (Wildman–Crippen MR) is 75.8 cm³/mol. The van der Waals surface area contributed by atoms with Crippen LogP contribution >= 0.6 is 0 Å². The molecule has 0 aliphatic carbocycles. The van der Waals surface area contributed by atoms with Crippen molar-refractivity contribution in [1.82, 2.24) is 4.98 Å². The van der Waals surface area contributed by atoms with Gasteiger partial charge in [0.05, 0.1) is 6.61 Å². The largest absolute Gasteiger partial charge is 0.385 e. The minimum atomic E-state index is 0.0295. The number of anilines is 1. The summed E-state index contributed by atoms with van der Waals surface area (Å²) < 4.78 is 10.2. The number of nitrogens with zero attached hydrogens (tertiary/aromatic N) is 2. The molecule has 0 atom stereocenters. The lowest BCUT2D eigenvalue weighted by Gasteiger charge is -2.23. The first-order valence-corrected chi connectivity index (χ1v) is 6.22. The highest BCUT2D eigenvalue weighted by Crippen LogP contribution is 2.11. The van der Waals surface area contributed by atoms with Crippen molar-refractivity contribution in [2.45, 2.75) is 6.42 Å². The van der Waals surface area contributed by atoms with Crippen LogP contribution in [0.4, 0.5) is 5.82 Å². The highest BCUT2D eigenvalue weighted by molar-refractivity contribution is 5.94. The zero-order chi connectivity index (χ0) is 14.1. The molecular weight excluding hydrogens is 244 g/mol. The van der Waals surface area contributed by atoms with Gasteiger partial charge in [0, 0.05) is 45.7 Å². The summed E-state index contributed by atoms with van der Waals surface area (Å²) in [7, 11) is 3.37. The topological polar surface area (TPSA) is 84.5 Å². The van der Waals surface area contributed by atoms with Crippen molar-refractivity contribution in [1.29, 1.82) is 5.41 Å². The van der Waals surface area contributed by atoms with Gasteiger partial charge in [0.15, 0.2) is 0 Å². The average Bonchev–Trinajstić information content (AvgIpc) is 2.43. The number of hydrogen-bond acceptors (Lipinski definition) is 5. The standard InChI is InChI=1S/C13H22N4O2/c1-18-8-3-6-17(7-9-19-2)12-5-4-11(10-16-12)13(14)15/h4-5,10H,3,6-9H2,1-2H3,(H3,14,15). The minimum Gasteiger partial charge on any atom is -0.385 e. The van der Waals surface area contributed by atoms with Crippen LogP contribution in [-0.2, 0) is 9.47 Å². The van der Waals surface area contributed by atoms with E-state index in [9.17, 15) is 0 Å². The van der Waals surface area contributed by atoms with Gasteiger partial charge in [0.1, 0.15) is 11.7 Å². The number of aromatic nitrogens is 1. The molecule has 1 heterocycles. The molecule has 0 radical (unpaired) electrons. The van der Waals surface area contributed by atoms with Crippen molar-refractivity contribution in [2.75, 3.05) is 45.4 Å². The summed E-state index contributed by atoms with van der Waals surface area (Å²) in [5, 5.41) is 7.35. The lowest BCUT2D eigenvalue weighted by atomic mass is 10.2. The van der Waals surface area contributed by atoms with Gasteiger partial charge in [-0.3, -0.25) is 5.41 Å². The molecule has 0 aliphatic heterocycles. The maximum atomic E-state index is 7.35. The predicted octanol–water partition coefficient (Wildman–Crippen LogP) is 0.855. The van der Waals surface area contributed by atoms with Crippen LogP contribution in [0.15, 0.2) is 18.3 Å². The van der Waals surface area contributed by atoms with Crippen LogP contribution in [0.1, 0.15) is 12.0 Å². The van der Waals surface area contributed by atoms with Gasteiger partial charge in [0.2, 0.25) is 0 Å². The first-order valence-electron chi connectivity index (χ1n) is 6.22. The Labute approximate surface area is 114 Å². The summed E-state index contributed by atoms with van der Waals surface area (Å²) in [4.78, 5) is 6.47. The van der Waals surface area contributed by atoms with Crippen LogP contribution in [0, 0.1) is 5.41 Å². The van der Waals surface area contributed by atoms with Gasteiger partial charge in [-0.1, -0.05) is 0 Å². The minimum absolute atomic E-state index is 0.0295. The van der Waals surface area contributed by atoms with Gasteiger partial charge in [-0.05, 0) is 18.6 Å². The Morgan fingerprint density at radius 1 is 1.26 bits per heavy atom. The fourth-order valence-corrected chi connectivity index (χ4v) is 1.67. The van der Waals surface area contributed by atoms with Crippen molar-refractivity contribution < 1.29 is 9.47 Å². The molecule has 0 spiro atoms. The van der Waals surface area contributed by atoms with E-state index in [0.29, 0.717) is 12.2 Å². The van der Waals surface area contributed by atoms with Crippen LogP contribution in [0.25, 0.3) is 0 Å². The Balaban J connectivity index is 2.68. The third-order valence-corrected chi connectivity index (χ3v) is 2.72. The molecule has 0 unspecified atom stereocenters. The number of nitrogens with one attached hydrogen (secondary N) is 1. The second-order valence-corrected chi connectivity index (χ2v) is 4.14. The quantitative estimate of drug-likeness (QED) is 0.393. The molecule has 6 heteroatoms. The van der Waals surface area contributed by atoms with E-state index in [1.807, 2.05) is 6.07 Å². The molecule has 1 aromatic heterocycles. The van der Waals surface area contributed by atoms with Crippen LogP contribution in [0.2, 0.25) is 0 Å². The number of rotatable bonds is 9. The normalized spacial score (nSPS) is 10.4. The smallest absolute Gasteiger partial charge is 0.128 e. The zero-order valence-electron chi connectivity index (χ0n) is 11.6. The van der Waals surface area contributed by atoms with Crippen molar-refractivity contribution in [3.63, 3.8) is 0 Å². The fraction of sp³-hybridized carbons (Fsp3) is 0.538. The molecule has 0 aromatic carbocycles. The summed E-state index contributed by atoms with van der Waals surface area (Å²) in [6.07, 6.45) is 2.55. The first-order chi connectivity index (χ1) is 9.19. The Morgan fingerprint density at radius 3 is 2.53 bits per heavy atom. The van der Waals surface area contributed by atoms with E-state index < -0.39 is 0 Å². The van der Waals surface area contributed by atoms with Crippen molar-refractivity contribution >= 4 is 11.7 Å². The molecule has 3 N–H and O–H groups in total. The second kappa shape index (κ2) is 8.44. The van der Waals surface area contributed by atoms with Gasteiger partial charge >= 0.3 is 0 Å². The summed E-state index contributed by atoms with van der Waals surface area (Å²) in [6, 6.07) is 3.68.